The number of hydrogen-bond donors (Lipinski definition) is 2. The zero-order valence-electron chi connectivity index (χ0n) is 12.4. The molecule has 6 heteroatoms. The predicted molar refractivity (Wildman–Crippen MR) is 80.3 cm³/mol. The summed E-state index contributed by atoms with van der Waals surface area (Å²) in [5, 5.41) is 16.6. The zero-order valence-corrected chi connectivity index (χ0v) is 12.4. The third-order valence-corrected chi connectivity index (χ3v) is 3.82. The van der Waals surface area contributed by atoms with Crippen LogP contribution in [0.5, 0.6) is 11.6 Å². The first kappa shape index (κ1) is 14.0. The van der Waals surface area contributed by atoms with Crippen molar-refractivity contribution in [1.82, 2.24) is 10.2 Å². The topological polar surface area (TPSA) is 97.0 Å². The lowest BCUT2D eigenvalue weighted by Crippen LogP contribution is -2.21. The van der Waals surface area contributed by atoms with Crippen molar-refractivity contribution in [1.29, 1.82) is 5.26 Å². The molecule has 2 heterocycles. The first-order valence-corrected chi connectivity index (χ1v) is 6.98. The van der Waals surface area contributed by atoms with E-state index in [1.807, 2.05) is 31.2 Å². The minimum atomic E-state index is -0.284. The largest absolute Gasteiger partial charge is 0.497 e. The Morgan fingerprint density at radius 2 is 2.14 bits per heavy atom. The average molecular weight is 296 g/mol. The highest BCUT2D eigenvalue weighted by Crippen LogP contribution is 2.43. The number of nitrogens with zero attached hydrogens (tertiary/aromatic N) is 2. The molecule has 1 atom stereocenters. The molecule has 1 aliphatic heterocycles. The van der Waals surface area contributed by atoms with Gasteiger partial charge in [-0.05, 0) is 24.1 Å². The molecule has 2 aromatic rings. The number of fused-ring (bicyclic) bond motifs is 1. The van der Waals surface area contributed by atoms with E-state index in [0.29, 0.717) is 11.5 Å². The number of aryl methyl sites for hydroxylation is 1. The van der Waals surface area contributed by atoms with E-state index in [0.717, 1.165) is 29.0 Å². The molecule has 3 rings (SSSR count). The number of nitriles is 1. The fourth-order valence-corrected chi connectivity index (χ4v) is 2.71. The molecule has 112 valence electrons. The molecule has 1 aliphatic rings. The molecule has 22 heavy (non-hydrogen) atoms. The van der Waals surface area contributed by atoms with Crippen LogP contribution in [0.3, 0.4) is 0 Å². The first-order chi connectivity index (χ1) is 10.7. The lowest BCUT2D eigenvalue weighted by Gasteiger charge is -2.24. The van der Waals surface area contributed by atoms with Crippen LogP contribution in [-0.4, -0.2) is 17.3 Å². The van der Waals surface area contributed by atoms with Crippen molar-refractivity contribution in [2.75, 3.05) is 7.11 Å². The van der Waals surface area contributed by atoms with Gasteiger partial charge >= 0.3 is 0 Å². The van der Waals surface area contributed by atoms with Crippen molar-refractivity contribution in [3.05, 3.63) is 52.5 Å². The highest BCUT2D eigenvalue weighted by atomic mass is 16.5. The second-order valence-electron chi connectivity index (χ2n) is 4.97. The number of aromatic amines is 1. The van der Waals surface area contributed by atoms with Crippen LogP contribution in [0, 0.1) is 11.3 Å². The maximum Gasteiger partial charge on any atom is 0.244 e. The van der Waals surface area contributed by atoms with Crippen molar-refractivity contribution in [2.45, 2.75) is 19.3 Å². The van der Waals surface area contributed by atoms with Crippen LogP contribution in [0.4, 0.5) is 0 Å². The number of aromatic nitrogens is 2. The van der Waals surface area contributed by atoms with Crippen LogP contribution < -0.4 is 15.2 Å². The molecule has 0 bridgehead atoms. The fourth-order valence-electron chi connectivity index (χ4n) is 2.71. The van der Waals surface area contributed by atoms with Gasteiger partial charge in [0.2, 0.25) is 11.8 Å². The van der Waals surface area contributed by atoms with Gasteiger partial charge in [0.1, 0.15) is 17.4 Å². The maximum atomic E-state index is 9.50. The van der Waals surface area contributed by atoms with E-state index < -0.39 is 0 Å². The monoisotopic (exact) mass is 296 g/mol. The zero-order chi connectivity index (χ0) is 15.7. The summed E-state index contributed by atoms with van der Waals surface area (Å²) in [7, 11) is 1.62. The summed E-state index contributed by atoms with van der Waals surface area (Å²) in [6, 6.07) is 9.75. The van der Waals surface area contributed by atoms with Gasteiger partial charge in [-0.2, -0.15) is 5.26 Å². The Morgan fingerprint density at radius 1 is 1.41 bits per heavy atom. The highest BCUT2D eigenvalue weighted by Gasteiger charge is 2.34. The van der Waals surface area contributed by atoms with Gasteiger partial charge in [0, 0.05) is 11.3 Å². The minimum absolute atomic E-state index is 0.102. The second-order valence-corrected chi connectivity index (χ2v) is 4.97. The van der Waals surface area contributed by atoms with E-state index in [1.165, 1.54) is 0 Å². The molecular weight excluding hydrogens is 280 g/mol. The summed E-state index contributed by atoms with van der Waals surface area (Å²) >= 11 is 0. The number of nitrogens with two attached hydrogens (primary N) is 1. The molecule has 0 saturated carbocycles. The molecule has 1 aromatic heterocycles. The Labute approximate surface area is 128 Å². The van der Waals surface area contributed by atoms with E-state index in [4.69, 9.17) is 15.2 Å². The summed E-state index contributed by atoms with van der Waals surface area (Å²) in [5.74, 6) is 1.02. The molecule has 0 radical (unpaired) electrons. The van der Waals surface area contributed by atoms with Gasteiger partial charge in [-0.1, -0.05) is 19.1 Å². The van der Waals surface area contributed by atoms with E-state index in [9.17, 15) is 5.26 Å². The molecule has 6 nitrogen and oxygen atoms in total. The van der Waals surface area contributed by atoms with Crippen LogP contribution in [-0.2, 0) is 6.42 Å². The first-order valence-electron chi connectivity index (χ1n) is 6.98. The van der Waals surface area contributed by atoms with E-state index in [-0.39, 0.29) is 11.8 Å². The number of hydrogen-bond acceptors (Lipinski definition) is 5. The van der Waals surface area contributed by atoms with Gasteiger partial charge in [-0.15, -0.1) is 5.10 Å². The summed E-state index contributed by atoms with van der Waals surface area (Å²) < 4.78 is 10.7. The van der Waals surface area contributed by atoms with Crippen molar-refractivity contribution in [2.24, 2.45) is 5.73 Å². The molecule has 0 spiro atoms. The normalized spacial score (nSPS) is 16.7. The van der Waals surface area contributed by atoms with Gasteiger partial charge in [0.15, 0.2) is 0 Å². The van der Waals surface area contributed by atoms with Crippen LogP contribution >= 0.6 is 0 Å². The lowest BCUT2D eigenvalue weighted by atomic mass is 9.83. The molecule has 0 fully saturated rings. The van der Waals surface area contributed by atoms with Crippen molar-refractivity contribution >= 4 is 0 Å². The van der Waals surface area contributed by atoms with Gasteiger partial charge in [-0.25, -0.2) is 0 Å². The van der Waals surface area contributed by atoms with Crippen molar-refractivity contribution in [3.63, 3.8) is 0 Å². The lowest BCUT2D eigenvalue weighted by molar-refractivity contribution is 0.378. The standard InChI is InChI=1S/C16H16N4O2/c1-3-12-14-13(9-4-6-10(21-2)7-5-9)11(8-17)15(18)22-16(14)20-19-12/h4-7,13H,3,18H2,1-2H3,(H,19,20)/t13-/m1/s1. The quantitative estimate of drug-likeness (QED) is 0.905. The van der Waals surface area contributed by atoms with Crippen LogP contribution in [0.25, 0.3) is 0 Å². The maximum absolute atomic E-state index is 9.50. The Kier molecular flexibility index (Phi) is 3.47. The van der Waals surface area contributed by atoms with Crippen molar-refractivity contribution in [3.8, 4) is 17.7 Å². The molecule has 0 aliphatic carbocycles. The SMILES string of the molecule is CCc1[nH]nc2c1[C@H](c1ccc(OC)cc1)C(C#N)=C(N)O2. The molecule has 3 N–H and O–H groups in total. The van der Waals surface area contributed by atoms with Gasteiger partial charge < -0.3 is 15.2 Å². The van der Waals surface area contributed by atoms with Crippen LogP contribution in [0.1, 0.15) is 29.7 Å². The number of ether oxygens (including phenoxy) is 2. The third-order valence-electron chi connectivity index (χ3n) is 3.82. The number of H-pyrrole nitrogens is 1. The second kappa shape index (κ2) is 5.45. The number of methoxy groups -OCH3 is 1. The molecule has 1 aromatic carbocycles. The molecular formula is C16H16N4O2. The number of nitrogens with one attached hydrogen (secondary N) is 1. The number of rotatable bonds is 3. The van der Waals surface area contributed by atoms with Gasteiger partial charge in [-0.3, -0.25) is 5.10 Å². The Morgan fingerprint density at radius 3 is 2.73 bits per heavy atom. The van der Waals surface area contributed by atoms with E-state index >= 15 is 0 Å². The third kappa shape index (κ3) is 2.07. The minimum Gasteiger partial charge on any atom is -0.497 e. The predicted octanol–water partition coefficient (Wildman–Crippen LogP) is 2.20. The fraction of sp³-hybridized carbons (Fsp3) is 0.250. The van der Waals surface area contributed by atoms with Crippen molar-refractivity contribution < 1.29 is 9.47 Å². The van der Waals surface area contributed by atoms with Crippen LogP contribution in [0.2, 0.25) is 0 Å². The Bertz CT molecular complexity index is 768. The Balaban J connectivity index is 2.17. The smallest absolute Gasteiger partial charge is 0.244 e. The van der Waals surface area contributed by atoms with E-state index in [2.05, 4.69) is 16.3 Å². The van der Waals surface area contributed by atoms with Gasteiger partial charge in [0.25, 0.3) is 0 Å². The summed E-state index contributed by atoms with van der Waals surface area (Å²) in [6.45, 7) is 2.02. The Hall–Kier alpha value is -2.94. The van der Waals surface area contributed by atoms with Crippen LogP contribution in [0.15, 0.2) is 35.7 Å². The summed E-state index contributed by atoms with van der Waals surface area (Å²) in [5.41, 5.74) is 9.05. The molecule has 0 amide bonds. The average Bonchev–Trinajstić information content (AvgIpc) is 2.96. The highest BCUT2D eigenvalue weighted by molar-refractivity contribution is 5.55. The number of allylic oxidation sites excluding steroid dienone is 1. The molecule has 0 saturated heterocycles. The van der Waals surface area contributed by atoms with E-state index in [1.54, 1.807) is 7.11 Å². The summed E-state index contributed by atoms with van der Waals surface area (Å²) in [6.07, 6.45) is 0.761. The van der Waals surface area contributed by atoms with Gasteiger partial charge in [0.05, 0.1) is 13.0 Å². The summed E-state index contributed by atoms with van der Waals surface area (Å²) in [4.78, 5) is 0. The molecule has 0 unspecified atom stereocenters. The number of benzene rings is 1.